The van der Waals surface area contributed by atoms with E-state index in [0.29, 0.717) is 43.9 Å². The number of hydrogen-bond acceptors (Lipinski definition) is 3. The zero-order valence-corrected chi connectivity index (χ0v) is 16.4. The molecule has 0 spiro atoms. The Kier molecular flexibility index (Phi) is 6.05. The minimum atomic E-state index is -0.309. The fraction of sp³-hybridized carbons (Fsp3) is 0.208. The zero-order chi connectivity index (χ0) is 20.9. The highest BCUT2D eigenvalue weighted by Gasteiger charge is 2.18. The van der Waals surface area contributed by atoms with Gasteiger partial charge in [-0.05, 0) is 42.0 Å². The maximum Gasteiger partial charge on any atom is 0.251 e. The molecule has 0 fully saturated rings. The molecule has 3 aromatic carbocycles. The first-order valence-electron chi connectivity index (χ1n) is 9.82. The smallest absolute Gasteiger partial charge is 0.251 e. The predicted molar refractivity (Wildman–Crippen MR) is 110 cm³/mol. The molecule has 4 nitrogen and oxygen atoms in total. The van der Waals surface area contributed by atoms with E-state index in [1.807, 2.05) is 12.1 Å². The Bertz CT molecular complexity index is 1040. The van der Waals surface area contributed by atoms with E-state index in [1.54, 1.807) is 36.4 Å². The molecule has 0 unspecified atom stereocenters. The maximum atomic E-state index is 14.0. The number of benzene rings is 3. The second-order valence-electron chi connectivity index (χ2n) is 7.28. The Balaban J connectivity index is 1.45. The Morgan fingerprint density at radius 3 is 2.63 bits per heavy atom. The summed E-state index contributed by atoms with van der Waals surface area (Å²) in [4.78, 5) is 14.7. The standard InChI is InChI=1S/C24H22F2N2O2/c25-21-8-5-17(6-9-21)14-27-24(29)18-7-10-23-20(13-18)16-28(11-12-30-23)15-19-3-1-2-4-22(19)26/h1-10,13H,11-12,14-16H2,(H,27,29). The van der Waals surface area contributed by atoms with E-state index in [2.05, 4.69) is 10.2 Å². The molecule has 1 amide bonds. The molecule has 0 radical (unpaired) electrons. The van der Waals surface area contributed by atoms with E-state index >= 15 is 0 Å². The molecule has 1 N–H and O–H groups in total. The van der Waals surface area contributed by atoms with Gasteiger partial charge in [-0.25, -0.2) is 8.78 Å². The molecule has 0 saturated heterocycles. The first kappa shape index (κ1) is 20.0. The van der Waals surface area contributed by atoms with Crippen molar-refractivity contribution < 1.29 is 18.3 Å². The summed E-state index contributed by atoms with van der Waals surface area (Å²) >= 11 is 0. The fourth-order valence-corrected chi connectivity index (χ4v) is 3.48. The SMILES string of the molecule is O=C(NCc1ccc(F)cc1)c1ccc2c(c1)CN(Cc1ccccc1F)CCO2. The van der Waals surface area contributed by atoms with Gasteiger partial charge in [0.2, 0.25) is 0 Å². The minimum Gasteiger partial charge on any atom is -0.492 e. The highest BCUT2D eigenvalue weighted by Crippen LogP contribution is 2.25. The van der Waals surface area contributed by atoms with Crippen LogP contribution in [0.4, 0.5) is 8.78 Å². The van der Waals surface area contributed by atoms with Crippen LogP contribution in [0.15, 0.2) is 66.7 Å². The Labute approximate surface area is 174 Å². The van der Waals surface area contributed by atoms with Crippen LogP contribution in [0.1, 0.15) is 27.0 Å². The summed E-state index contributed by atoms with van der Waals surface area (Å²) in [6.45, 7) is 2.50. The summed E-state index contributed by atoms with van der Waals surface area (Å²) in [6.07, 6.45) is 0. The Hall–Kier alpha value is -3.25. The van der Waals surface area contributed by atoms with Gasteiger partial charge in [-0.1, -0.05) is 30.3 Å². The molecule has 30 heavy (non-hydrogen) atoms. The lowest BCUT2D eigenvalue weighted by Gasteiger charge is -2.19. The predicted octanol–water partition coefficient (Wildman–Crippen LogP) is 4.29. The molecular weight excluding hydrogens is 386 g/mol. The van der Waals surface area contributed by atoms with E-state index in [-0.39, 0.29) is 17.5 Å². The quantitative estimate of drug-likeness (QED) is 0.685. The zero-order valence-electron chi connectivity index (χ0n) is 16.4. The molecule has 1 heterocycles. The van der Waals surface area contributed by atoms with Crippen LogP contribution in [-0.2, 0) is 19.6 Å². The Morgan fingerprint density at radius 2 is 1.83 bits per heavy atom. The number of carbonyl (C=O) groups is 1. The minimum absolute atomic E-state index is 0.216. The van der Waals surface area contributed by atoms with E-state index in [9.17, 15) is 13.6 Å². The van der Waals surface area contributed by atoms with Crippen LogP contribution in [0.2, 0.25) is 0 Å². The lowest BCUT2D eigenvalue weighted by atomic mass is 10.1. The number of amides is 1. The summed E-state index contributed by atoms with van der Waals surface area (Å²) in [7, 11) is 0. The first-order valence-corrected chi connectivity index (χ1v) is 9.82. The van der Waals surface area contributed by atoms with Crippen molar-refractivity contribution in [2.75, 3.05) is 13.2 Å². The van der Waals surface area contributed by atoms with E-state index in [4.69, 9.17) is 4.74 Å². The summed E-state index contributed by atoms with van der Waals surface area (Å²) in [5.74, 6) is -0.0132. The van der Waals surface area contributed by atoms with Crippen molar-refractivity contribution in [3.63, 3.8) is 0 Å². The first-order chi connectivity index (χ1) is 14.6. The number of fused-ring (bicyclic) bond motifs is 1. The molecule has 4 rings (SSSR count). The lowest BCUT2D eigenvalue weighted by Crippen LogP contribution is -2.26. The molecular formula is C24H22F2N2O2. The van der Waals surface area contributed by atoms with Gasteiger partial charge in [0, 0.05) is 42.9 Å². The molecule has 0 aliphatic carbocycles. The van der Waals surface area contributed by atoms with Gasteiger partial charge in [0.05, 0.1) is 0 Å². The normalized spacial score (nSPS) is 13.8. The van der Waals surface area contributed by atoms with Gasteiger partial charge in [-0.3, -0.25) is 9.69 Å². The van der Waals surface area contributed by atoms with Crippen molar-refractivity contribution in [2.24, 2.45) is 0 Å². The monoisotopic (exact) mass is 408 g/mol. The lowest BCUT2D eigenvalue weighted by molar-refractivity contribution is 0.0950. The van der Waals surface area contributed by atoms with Crippen LogP contribution >= 0.6 is 0 Å². The molecule has 6 heteroatoms. The molecule has 0 bridgehead atoms. The fourth-order valence-electron chi connectivity index (χ4n) is 3.48. The summed E-state index contributed by atoms with van der Waals surface area (Å²) < 4.78 is 32.9. The second kappa shape index (κ2) is 9.05. The van der Waals surface area contributed by atoms with Gasteiger partial charge in [-0.2, -0.15) is 0 Å². The Morgan fingerprint density at radius 1 is 1.03 bits per heavy atom. The highest BCUT2D eigenvalue weighted by atomic mass is 19.1. The number of hydrogen-bond donors (Lipinski definition) is 1. The molecule has 0 aromatic heterocycles. The summed E-state index contributed by atoms with van der Waals surface area (Å²) in [5.41, 5.74) is 2.86. The maximum absolute atomic E-state index is 14.0. The van der Waals surface area contributed by atoms with Gasteiger partial charge in [0.25, 0.3) is 5.91 Å². The van der Waals surface area contributed by atoms with Crippen molar-refractivity contribution in [1.82, 2.24) is 10.2 Å². The van der Waals surface area contributed by atoms with E-state index in [1.165, 1.54) is 18.2 Å². The van der Waals surface area contributed by atoms with Crippen molar-refractivity contribution in [1.29, 1.82) is 0 Å². The van der Waals surface area contributed by atoms with E-state index < -0.39 is 0 Å². The number of halogens is 2. The summed E-state index contributed by atoms with van der Waals surface area (Å²) in [5, 5.41) is 2.85. The van der Waals surface area contributed by atoms with Crippen LogP contribution < -0.4 is 10.1 Å². The topological polar surface area (TPSA) is 41.6 Å². The van der Waals surface area contributed by atoms with Crippen LogP contribution in [-0.4, -0.2) is 24.0 Å². The van der Waals surface area contributed by atoms with Crippen molar-refractivity contribution in [2.45, 2.75) is 19.6 Å². The molecule has 1 aliphatic heterocycles. The molecule has 1 aliphatic rings. The molecule has 0 atom stereocenters. The van der Waals surface area contributed by atoms with E-state index in [0.717, 1.165) is 16.9 Å². The molecule has 3 aromatic rings. The van der Waals surface area contributed by atoms with Gasteiger partial charge >= 0.3 is 0 Å². The largest absolute Gasteiger partial charge is 0.492 e. The van der Waals surface area contributed by atoms with Crippen LogP contribution in [0.5, 0.6) is 5.75 Å². The van der Waals surface area contributed by atoms with Gasteiger partial charge < -0.3 is 10.1 Å². The third kappa shape index (κ3) is 4.83. The van der Waals surface area contributed by atoms with Gasteiger partial charge in [-0.15, -0.1) is 0 Å². The van der Waals surface area contributed by atoms with Crippen LogP contribution in [0, 0.1) is 11.6 Å². The van der Waals surface area contributed by atoms with Crippen molar-refractivity contribution in [3.05, 3.63) is 101 Å². The van der Waals surface area contributed by atoms with Crippen molar-refractivity contribution >= 4 is 5.91 Å². The number of nitrogens with zero attached hydrogens (tertiary/aromatic N) is 1. The second-order valence-corrected chi connectivity index (χ2v) is 7.28. The van der Waals surface area contributed by atoms with Crippen LogP contribution in [0.25, 0.3) is 0 Å². The molecule has 154 valence electrons. The average Bonchev–Trinajstić information content (AvgIpc) is 2.96. The van der Waals surface area contributed by atoms with Crippen molar-refractivity contribution in [3.8, 4) is 5.75 Å². The van der Waals surface area contributed by atoms with Crippen LogP contribution in [0.3, 0.4) is 0 Å². The third-order valence-electron chi connectivity index (χ3n) is 5.10. The summed E-state index contributed by atoms with van der Waals surface area (Å²) in [6, 6.07) is 18.1. The number of nitrogens with one attached hydrogen (secondary N) is 1. The third-order valence-corrected chi connectivity index (χ3v) is 5.10. The number of carbonyl (C=O) groups excluding carboxylic acids is 1. The van der Waals surface area contributed by atoms with Gasteiger partial charge in [0.1, 0.15) is 24.0 Å². The average molecular weight is 408 g/mol. The van der Waals surface area contributed by atoms with Gasteiger partial charge in [0.15, 0.2) is 0 Å². The molecule has 0 saturated carbocycles. The number of ether oxygens (including phenoxy) is 1. The number of rotatable bonds is 5. The highest BCUT2D eigenvalue weighted by molar-refractivity contribution is 5.94.